The van der Waals surface area contributed by atoms with Gasteiger partial charge in [-0.05, 0) is 74.0 Å². The molecule has 5 rings (SSSR count). The van der Waals surface area contributed by atoms with Gasteiger partial charge in [0.15, 0.2) is 11.6 Å². The second-order valence-electron chi connectivity index (χ2n) is 16.2. The third-order valence-corrected chi connectivity index (χ3v) is 11.6. The number of nitrogens with zero attached hydrogens (tertiary/aromatic N) is 1. The molecular formula is C50H70N6O8. The topological polar surface area (TPSA) is 224 Å². The first-order valence-electron chi connectivity index (χ1n) is 23.3. The number of aromatic hydroxyl groups is 1. The van der Waals surface area contributed by atoms with E-state index in [4.69, 9.17) is 7.10 Å². The Morgan fingerprint density at radius 2 is 1.36 bits per heavy atom. The van der Waals surface area contributed by atoms with E-state index in [1.807, 2.05) is 51.1 Å². The second-order valence-corrected chi connectivity index (χ2v) is 16.2. The zero-order valence-electron chi connectivity index (χ0n) is 39.3. The minimum Gasteiger partial charge on any atom is -0.508 e. The van der Waals surface area contributed by atoms with Crippen LogP contribution in [0.3, 0.4) is 0 Å². The van der Waals surface area contributed by atoms with Crippen LogP contribution in [0.15, 0.2) is 85.1 Å². The number of phenols is 1. The van der Waals surface area contributed by atoms with Gasteiger partial charge in [0, 0.05) is 63.0 Å². The van der Waals surface area contributed by atoms with Crippen molar-refractivity contribution in [3.8, 4) is 5.75 Å². The van der Waals surface area contributed by atoms with E-state index in [2.05, 4.69) is 20.9 Å². The van der Waals surface area contributed by atoms with Crippen molar-refractivity contribution in [3.63, 3.8) is 0 Å². The predicted molar refractivity (Wildman–Crippen MR) is 250 cm³/mol. The van der Waals surface area contributed by atoms with Crippen LogP contribution in [0, 0.1) is 11.8 Å². The van der Waals surface area contributed by atoms with Gasteiger partial charge in [0.1, 0.15) is 17.8 Å². The lowest BCUT2D eigenvalue weighted by atomic mass is 9.87. The number of hydrogen-bond donors (Lipinski definition) is 7. The molecular weight excluding hydrogens is 813 g/mol. The fourth-order valence-corrected chi connectivity index (χ4v) is 8.09. The second kappa shape index (κ2) is 26.1. The molecule has 4 aromatic rings. The van der Waals surface area contributed by atoms with Crippen LogP contribution < -0.4 is 21.7 Å². The maximum Gasteiger partial charge on any atom is 0.245 e. The maximum absolute atomic E-state index is 14.6. The molecule has 0 spiro atoms. The highest BCUT2D eigenvalue weighted by atomic mass is 16.3. The number of para-hydroxylation sites is 1. The molecule has 1 fully saturated rings. The van der Waals surface area contributed by atoms with Crippen molar-refractivity contribution in [2.75, 3.05) is 13.6 Å². The molecule has 7 atom stereocenters. The molecule has 1 aromatic heterocycles. The summed E-state index contributed by atoms with van der Waals surface area (Å²) in [6.07, 6.45) is 2.05. The zero-order chi connectivity index (χ0) is 48.1. The monoisotopic (exact) mass is 884 g/mol. The number of likely N-dealkylation sites (N-methyl/N-ethyl adjacent to an activating group) is 1. The predicted octanol–water partition coefficient (Wildman–Crippen LogP) is 5.32. The number of phenolic OH excluding ortho intramolecular Hbond substituents is 1. The Balaban J connectivity index is 0.00000273. The highest BCUT2D eigenvalue weighted by Gasteiger charge is 2.38. The van der Waals surface area contributed by atoms with Crippen LogP contribution in [-0.2, 0) is 48.0 Å². The normalized spacial score (nSPS) is 22.3. The lowest BCUT2D eigenvalue weighted by Crippen LogP contribution is -2.59. The number of benzene rings is 3. The summed E-state index contributed by atoms with van der Waals surface area (Å²) >= 11 is 0. The number of unbranched alkanes of at least 4 members (excludes halogenated alkanes) is 1. The van der Waals surface area contributed by atoms with Crippen molar-refractivity contribution in [1.82, 2.24) is 25.8 Å². The SMILES string of the molecule is CC.CCC[C@H]1C(=O)C[C@@H](Cc2ccc(O)cc2)C(=O)N[C@H](Cc2c[nH]c3ccccc23)C(=O)C[C@@H](CCCCN)C(=O)N[C@@H]([C@@H](C)O)C(=O)N[C@@H](Cc2ccccc2)C(=O)N1C.[2H]C. The van der Waals surface area contributed by atoms with Crippen LogP contribution >= 0.6 is 0 Å². The molecule has 1 aliphatic heterocycles. The van der Waals surface area contributed by atoms with Crippen molar-refractivity contribution in [2.24, 2.45) is 17.6 Å². The fourth-order valence-electron chi connectivity index (χ4n) is 8.09. The number of aromatic amines is 1. The van der Waals surface area contributed by atoms with Crippen LogP contribution in [0.4, 0.5) is 0 Å². The number of carbonyl (C=O) groups is 6. The lowest BCUT2D eigenvalue weighted by molar-refractivity contribution is -0.143. The molecule has 0 bridgehead atoms. The number of Topliss-reactive ketones (excluding diaryl/α,β-unsaturated/α-hetero) is 2. The van der Waals surface area contributed by atoms with Crippen LogP contribution in [0.1, 0.15) is 98.1 Å². The van der Waals surface area contributed by atoms with Crippen LogP contribution in [0.2, 0.25) is 0 Å². The third kappa shape index (κ3) is 14.6. The molecule has 1 aliphatic rings. The molecule has 0 aliphatic carbocycles. The van der Waals surface area contributed by atoms with Gasteiger partial charge >= 0.3 is 0 Å². The van der Waals surface area contributed by atoms with Crippen molar-refractivity contribution in [3.05, 3.63) is 102 Å². The number of aromatic nitrogens is 1. The number of hydrogen-bond acceptors (Lipinski definition) is 9. The van der Waals surface area contributed by atoms with E-state index in [-0.39, 0.29) is 56.5 Å². The number of ketones is 2. The molecule has 1 saturated heterocycles. The molecule has 14 nitrogen and oxygen atoms in total. The largest absolute Gasteiger partial charge is 0.508 e. The molecule has 14 heteroatoms. The molecule has 0 unspecified atom stereocenters. The maximum atomic E-state index is 14.6. The van der Waals surface area contributed by atoms with Gasteiger partial charge in [-0.3, -0.25) is 28.8 Å². The fraction of sp³-hybridized carbons (Fsp3) is 0.480. The minimum atomic E-state index is -1.50. The molecule has 0 saturated carbocycles. The number of nitrogens with one attached hydrogen (secondary N) is 4. The van der Waals surface area contributed by atoms with E-state index >= 15 is 0 Å². The van der Waals surface area contributed by atoms with Gasteiger partial charge in [-0.1, -0.05) is 102 Å². The van der Waals surface area contributed by atoms with Gasteiger partial charge in [-0.15, -0.1) is 0 Å². The number of aliphatic hydroxyl groups is 1. The highest BCUT2D eigenvalue weighted by molar-refractivity contribution is 5.98. The van der Waals surface area contributed by atoms with Crippen LogP contribution in [0.5, 0.6) is 5.75 Å². The summed E-state index contributed by atoms with van der Waals surface area (Å²) in [6.45, 7) is 7.58. The average molecular weight is 884 g/mol. The van der Waals surface area contributed by atoms with Gasteiger partial charge in [0.05, 0.1) is 18.2 Å². The Kier molecular flexibility index (Phi) is 20.7. The summed E-state index contributed by atoms with van der Waals surface area (Å²) in [6, 6.07) is 18.1. The first-order valence-corrected chi connectivity index (χ1v) is 22.3. The molecule has 3 aromatic carbocycles. The summed E-state index contributed by atoms with van der Waals surface area (Å²) in [5.41, 5.74) is 8.77. The Hall–Kier alpha value is -5.86. The van der Waals surface area contributed by atoms with Gasteiger partial charge in [0.2, 0.25) is 23.6 Å². The van der Waals surface area contributed by atoms with E-state index in [9.17, 15) is 39.0 Å². The van der Waals surface area contributed by atoms with E-state index in [1.54, 1.807) is 42.6 Å². The van der Waals surface area contributed by atoms with Crippen LogP contribution in [0.25, 0.3) is 10.9 Å². The first-order chi connectivity index (χ1) is 31.3. The summed E-state index contributed by atoms with van der Waals surface area (Å²) < 4.78 is 5.75. The van der Waals surface area contributed by atoms with Crippen molar-refractivity contribution in [2.45, 2.75) is 130 Å². The Labute approximate surface area is 379 Å². The molecule has 8 N–H and O–H groups in total. The van der Waals surface area contributed by atoms with E-state index in [0.717, 1.165) is 22.0 Å². The number of H-pyrrole nitrogens is 1. The van der Waals surface area contributed by atoms with Gasteiger partial charge in [-0.2, -0.15) is 0 Å². The van der Waals surface area contributed by atoms with Gasteiger partial charge in [0.25, 0.3) is 0 Å². The zero-order valence-corrected chi connectivity index (χ0v) is 38.3. The van der Waals surface area contributed by atoms with E-state index < -0.39 is 71.5 Å². The van der Waals surface area contributed by atoms with Gasteiger partial charge < -0.3 is 41.8 Å². The molecule has 0 radical (unpaired) electrons. The number of aliphatic hydroxyl groups excluding tert-OH is 1. The molecule has 64 heavy (non-hydrogen) atoms. The summed E-state index contributed by atoms with van der Waals surface area (Å²) in [4.78, 5) is 91.0. The standard InChI is InChI=1S/C47H60N6O8.C2H6.CH4/c1-4-12-40-42(57)27-33(23-31-18-20-35(55)21-19-31)45(59)50-38(25-34-28-49-37-17-9-8-16-36(34)37)41(56)26-32(15-10-11-22-48)44(58)52-43(29(2)54)46(60)51-39(47(61)53(40)3)24-30-13-6-5-7-14-30;1-2;/h5-9,13-14,16-21,28-29,32-33,38-40,43,49,54-55H,4,10-12,15,22-27,48H2,1-3H3,(H,50,59)(H,51,60)(H,52,58);1-2H3;1H4/t29-,32-,33-,38-,39+,40+,43+;;/m1../s1/i;;1D. The number of fused-ring (bicyclic) bond motifs is 1. The third-order valence-electron chi connectivity index (χ3n) is 11.6. The quantitative estimate of drug-likeness (QED) is 0.0863. The summed E-state index contributed by atoms with van der Waals surface area (Å²) in [5.74, 6) is -5.32. The van der Waals surface area contributed by atoms with E-state index in [0.29, 0.717) is 31.4 Å². The van der Waals surface area contributed by atoms with Crippen molar-refractivity contribution >= 4 is 46.1 Å². The Bertz CT molecular complexity index is 2130. The average Bonchev–Trinajstić information content (AvgIpc) is 3.72. The minimum absolute atomic E-state index is 0.0310. The van der Waals surface area contributed by atoms with Crippen LogP contribution in [-0.4, -0.2) is 99.2 Å². The van der Waals surface area contributed by atoms with E-state index in [1.165, 1.54) is 38.4 Å². The number of nitrogens with two attached hydrogens (primary N) is 1. The Morgan fingerprint density at radius 1 is 0.750 bits per heavy atom. The number of amides is 4. The number of carbonyl (C=O) groups excluding carboxylic acids is 6. The Morgan fingerprint density at radius 3 is 2.02 bits per heavy atom. The lowest BCUT2D eigenvalue weighted by Gasteiger charge is -2.33. The first kappa shape index (κ1) is 50.8. The number of rotatable bonds is 13. The van der Waals surface area contributed by atoms with Gasteiger partial charge in [-0.25, -0.2) is 0 Å². The summed E-state index contributed by atoms with van der Waals surface area (Å²) in [5, 5.41) is 30.2. The smallest absolute Gasteiger partial charge is 0.245 e. The highest BCUT2D eigenvalue weighted by Crippen LogP contribution is 2.25. The summed E-state index contributed by atoms with van der Waals surface area (Å²) in [7, 11) is 2.74. The molecule has 348 valence electrons. The van der Waals surface area contributed by atoms with Crippen molar-refractivity contribution < 1.29 is 40.4 Å². The molecule has 4 amide bonds. The van der Waals surface area contributed by atoms with Crippen molar-refractivity contribution in [1.29, 1.82) is 0 Å². The molecule has 2 heterocycles.